The van der Waals surface area contributed by atoms with E-state index in [1.165, 1.54) is 6.07 Å². The Morgan fingerprint density at radius 3 is 2.58 bits per heavy atom. The molecule has 0 spiro atoms. The minimum atomic E-state index is -0.863. The van der Waals surface area contributed by atoms with Gasteiger partial charge in [0.05, 0.1) is 11.4 Å². The molecule has 0 aliphatic heterocycles. The quantitative estimate of drug-likeness (QED) is 0.921. The minimum absolute atomic E-state index is 0.530. The smallest absolute Gasteiger partial charge is 0.160 e. The van der Waals surface area contributed by atoms with Gasteiger partial charge in [0.25, 0.3) is 0 Å². The lowest BCUT2D eigenvalue weighted by atomic mass is 10.2. The number of hydrogen-bond donors (Lipinski definition) is 1. The van der Waals surface area contributed by atoms with E-state index in [1.807, 2.05) is 20.8 Å². The summed E-state index contributed by atoms with van der Waals surface area (Å²) in [6, 6.07) is 3.80. The number of rotatable bonds is 4. The van der Waals surface area contributed by atoms with Gasteiger partial charge in [-0.25, -0.2) is 13.5 Å². The first-order chi connectivity index (χ1) is 9.04. The lowest BCUT2D eigenvalue weighted by Gasteiger charge is -2.06. The van der Waals surface area contributed by atoms with Gasteiger partial charge in [-0.05, 0) is 32.5 Å². The fourth-order valence-electron chi connectivity index (χ4n) is 2.05. The Hall–Kier alpha value is -1.75. The van der Waals surface area contributed by atoms with Crippen LogP contribution in [0.25, 0.3) is 5.69 Å². The molecule has 2 aromatic rings. The molecule has 0 atom stereocenters. The van der Waals surface area contributed by atoms with E-state index in [-0.39, 0.29) is 0 Å². The van der Waals surface area contributed by atoms with Crippen LogP contribution in [-0.2, 0) is 6.54 Å². The summed E-state index contributed by atoms with van der Waals surface area (Å²) in [4.78, 5) is 0. The molecule has 19 heavy (non-hydrogen) atoms. The van der Waals surface area contributed by atoms with Crippen LogP contribution >= 0.6 is 0 Å². The summed E-state index contributed by atoms with van der Waals surface area (Å²) >= 11 is 0. The highest BCUT2D eigenvalue weighted by Crippen LogP contribution is 2.19. The summed E-state index contributed by atoms with van der Waals surface area (Å²) in [7, 11) is 0. The third-order valence-corrected chi connectivity index (χ3v) is 3.14. The van der Waals surface area contributed by atoms with Crippen molar-refractivity contribution in [1.29, 1.82) is 0 Å². The van der Waals surface area contributed by atoms with Gasteiger partial charge in [0, 0.05) is 23.9 Å². The zero-order valence-corrected chi connectivity index (χ0v) is 11.3. The number of halogens is 2. The second-order valence-corrected chi connectivity index (χ2v) is 4.44. The van der Waals surface area contributed by atoms with Gasteiger partial charge in [-0.15, -0.1) is 0 Å². The Morgan fingerprint density at radius 2 is 1.95 bits per heavy atom. The Balaban J connectivity index is 2.42. The van der Waals surface area contributed by atoms with Crippen molar-refractivity contribution < 1.29 is 8.78 Å². The van der Waals surface area contributed by atoms with E-state index in [1.54, 1.807) is 4.68 Å². The number of aromatic nitrogens is 2. The fraction of sp³-hybridized carbons (Fsp3) is 0.357. The first kappa shape index (κ1) is 13.7. The van der Waals surface area contributed by atoms with E-state index in [0.29, 0.717) is 5.69 Å². The van der Waals surface area contributed by atoms with Crippen molar-refractivity contribution in [3.8, 4) is 5.69 Å². The summed E-state index contributed by atoms with van der Waals surface area (Å²) in [5.41, 5.74) is 3.45. The van der Waals surface area contributed by atoms with Gasteiger partial charge in [-0.2, -0.15) is 5.10 Å². The average Bonchev–Trinajstić information content (AvgIpc) is 2.66. The van der Waals surface area contributed by atoms with Crippen LogP contribution in [0.15, 0.2) is 18.2 Å². The van der Waals surface area contributed by atoms with Crippen molar-refractivity contribution >= 4 is 0 Å². The van der Waals surface area contributed by atoms with Gasteiger partial charge in [-0.3, -0.25) is 0 Å². The molecule has 0 amide bonds. The highest BCUT2D eigenvalue weighted by molar-refractivity contribution is 5.37. The summed E-state index contributed by atoms with van der Waals surface area (Å²) in [6.07, 6.45) is 0. The SMILES string of the molecule is CCNCc1c(C)nn(-c2ccc(F)c(F)c2)c1C. The molecule has 1 heterocycles. The van der Waals surface area contributed by atoms with Crippen LogP contribution in [0.5, 0.6) is 0 Å². The Kier molecular flexibility index (Phi) is 3.95. The first-order valence-electron chi connectivity index (χ1n) is 6.25. The maximum Gasteiger partial charge on any atom is 0.160 e. The first-order valence-corrected chi connectivity index (χ1v) is 6.25. The maximum atomic E-state index is 13.3. The number of nitrogens with one attached hydrogen (secondary N) is 1. The van der Waals surface area contributed by atoms with Crippen LogP contribution in [0.2, 0.25) is 0 Å². The van der Waals surface area contributed by atoms with Gasteiger partial charge in [-0.1, -0.05) is 6.92 Å². The predicted octanol–water partition coefficient (Wildman–Crippen LogP) is 2.88. The minimum Gasteiger partial charge on any atom is -0.313 e. The zero-order valence-electron chi connectivity index (χ0n) is 11.3. The van der Waals surface area contributed by atoms with E-state index in [2.05, 4.69) is 10.4 Å². The van der Waals surface area contributed by atoms with Gasteiger partial charge in [0.2, 0.25) is 0 Å². The second-order valence-electron chi connectivity index (χ2n) is 4.44. The molecule has 1 aromatic carbocycles. The molecule has 0 aliphatic rings. The largest absolute Gasteiger partial charge is 0.313 e. The summed E-state index contributed by atoms with van der Waals surface area (Å²) < 4.78 is 27.9. The summed E-state index contributed by atoms with van der Waals surface area (Å²) in [6.45, 7) is 7.46. The third kappa shape index (κ3) is 2.66. The van der Waals surface area contributed by atoms with E-state index < -0.39 is 11.6 Å². The van der Waals surface area contributed by atoms with Gasteiger partial charge in [0.15, 0.2) is 11.6 Å². The van der Waals surface area contributed by atoms with Crippen molar-refractivity contribution in [3.63, 3.8) is 0 Å². The molecule has 5 heteroatoms. The third-order valence-electron chi connectivity index (χ3n) is 3.14. The van der Waals surface area contributed by atoms with E-state index in [0.717, 1.165) is 42.2 Å². The molecule has 1 aromatic heterocycles. The Bertz CT molecular complexity index is 591. The molecule has 2 rings (SSSR count). The highest BCUT2D eigenvalue weighted by atomic mass is 19.2. The van der Waals surface area contributed by atoms with Gasteiger partial charge < -0.3 is 5.32 Å². The predicted molar refractivity (Wildman–Crippen MR) is 70.3 cm³/mol. The number of nitrogens with zero attached hydrogens (tertiary/aromatic N) is 2. The molecule has 3 nitrogen and oxygen atoms in total. The van der Waals surface area contributed by atoms with Crippen molar-refractivity contribution in [2.45, 2.75) is 27.3 Å². The van der Waals surface area contributed by atoms with Crippen LogP contribution in [0, 0.1) is 25.5 Å². The molecular weight excluding hydrogens is 248 g/mol. The standard InChI is InChI=1S/C14H17F2N3/c1-4-17-8-12-9(2)18-19(10(12)3)11-5-6-13(15)14(16)7-11/h5-7,17H,4,8H2,1-3H3. The Labute approximate surface area is 111 Å². The lowest BCUT2D eigenvalue weighted by molar-refractivity contribution is 0.507. The fourth-order valence-corrected chi connectivity index (χ4v) is 2.05. The van der Waals surface area contributed by atoms with E-state index >= 15 is 0 Å². The molecule has 0 unspecified atom stereocenters. The van der Waals surface area contributed by atoms with Crippen molar-refractivity contribution in [3.05, 3.63) is 46.8 Å². The Morgan fingerprint density at radius 1 is 1.21 bits per heavy atom. The van der Waals surface area contributed by atoms with Crippen LogP contribution in [-0.4, -0.2) is 16.3 Å². The summed E-state index contributed by atoms with van der Waals surface area (Å²) in [5.74, 6) is -1.71. The van der Waals surface area contributed by atoms with Crippen molar-refractivity contribution in [2.75, 3.05) is 6.54 Å². The van der Waals surface area contributed by atoms with E-state index in [9.17, 15) is 8.78 Å². The highest BCUT2D eigenvalue weighted by Gasteiger charge is 2.13. The number of hydrogen-bond acceptors (Lipinski definition) is 2. The molecule has 1 N–H and O–H groups in total. The van der Waals surface area contributed by atoms with Crippen molar-refractivity contribution in [1.82, 2.24) is 15.1 Å². The second kappa shape index (κ2) is 5.48. The number of benzene rings is 1. The molecule has 0 aliphatic carbocycles. The lowest BCUT2D eigenvalue weighted by Crippen LogP contribution is -2.13. The molecule has 102 valence electrons. The van der Waals surface area contributed by atoms with Crippen LogP contribution in [0.1, 0.15) is 23.9 Å². The van der Waals surface area contributed by atoms with Crippen LogP contribution in [0.4, 0.5) is 8.78 Å². The molecular formula is C14H17F2N3. The molecule has 0 saturated carbocycles. The normalized spacial score (nSPS) is 11.0. The van der Waals surface area contributed by atoms with Crippen molar-refractivity contribution in [2.24, 2.45) is 0 Å². The van der Waals surface area contributed by atoms with Gasteiger partial charge >= 0.3 is 0 Å². The molecule has 0 saturated heterocycles. The zero-order chi connectivity index (χ0) is 14.0. The molecule has 0 bridgehead atoms. The van der Waals surface area contributed by atoms with E-state index in [4.69, 9.17) is 0 Å². The number of aryl methyl sites for hydroxylation is 1. The average molecular weight is 265 g/mol. The van der Waals surface area contributed by atoms with Crippen LogP contribution < -0.4 is 5.32 Å². The maximum absolute atomic E-state index is 13.3. The van der Waals surface area contributed by atoms with Gasteiger partial charge in [0.1, 0.15) is 0 Å². The molecule has 0 radical (unpaired) electrons. The molecule has 0 fully saturated rings. The topological polar surface area (TPSA) is 29.9 Å². The monoisotopic (exact) mass is 265 g/mol. The summed E-state index contributed by atoms with van der Waals surface area (Å²) in [5, 5.41) is 7.64. The van der Waals surface area contributed by atoms with Crippen LogP contribution in [0.3, 0.4) is 0 Å².